The van der Waals surface area contributed by atoms with Crippen LogP contribution >= 0.6 is 0 Å². The highest BCUT2D eigenvalue weighted by atomic mass is 16.4. The van der Waals surface area contributed by atoms with Crippen LogP contribution in [0.5, 0.6) is 0 Å². The summed E-state index contributed by atoms with van der Waals surface area (Å²) in [4.78, 5) is 24.6. The van der Waals surface area contributed by atoms with Crippen LogP contribution in [0.25, 0.3) is 0 Å². The smallest absolute Gasteiger partial charge is 0.307 e. The molecule has 120 valence electrons. The van der Waals surface area contributed by atoms with Crippen molar-refractivity contribution >= 4 is 17.6 Å². The second-order valence-corrected chi connectivity index (χ2v) is 5.83. The third kappa shape index (κ3) is 4.84. The molecule has 1 aliphatic rings. The van der Waals surface area contributed by atoms with Crippen LogP contribution in [-0.2, 0) is 16.0 Å². The van der Waals surface area contributed by atoms with Crippen LogP contribution in [0.3, 0.4) is 0 Å². The molecule has 0 bridgehead atoms. The first-order chi connectivity index (χ1) is 10.6. The van der Waals surface area contributed by atoms with E-state index in [2.05, 4.69) is 10.2 Å². The first kappa shape index (κ1) is 16.5. The number of carbonyl (C=O) groups excluding carboxylic acids is 1. The van der Waals surface area contributed by atoms with Crippen molar-refractivity contribution in [3.05, 3.63) is 29.8 Å². The highest BCUT2D eigenvalue weighted by Crippen LogP contribution is 2.17. The van der Waals surface area contributed by atoms with E-state index in [1.807, 2.05) is 31.2 Å². The summed E-state index contributed by atoms with van der Waals surface area (Å²) in [5.41, 5.74) is 2.02. The quantitative estimate of drug-likeness (QED) is 0.846. The van der Waals surface area contributed by atoms with E-state index in [4.69, 9.17) is 5.11 Å². The van der Waals surface area contributed by atoms with Gasteiger partial charge in [-0.3, -0.25) is 9.59 Å². The number of hydrogen-bond acceptors (Lipinski definition) is 3. The number of piperidine rings is 1. The maximum absolute atomic E-state index is 11.3. The summed E-state index contributed by atoms with van der Waals surface area (Å²) in [6.45, 7) is 4.34. The van der Waals surface area contributed by atoms with Gasteiger partial charge >= 0.3 is 5.97 Å². The van der Waals surface area contributed by atoms with E-state index in [0.717, 1.165) is 38.0 Å². The van der Waals surface area contributed by atoms with Gasteiger partial charge in [-0.25, -0.2) is 0 Å². The Balaban J connectivity index is 1.81. The van der Waals surface area contributed by atoms with Crippen molar-refractivity contribution in [3.8, 4) is 0 Å². The number of amides is 1. The summed E-state index contributed by atoms with van der Waals surface area (Å²) in [7, 11) is 0. The zero-order chi connectivity index (χ0) is 15.9. The van der Waals surface area contributed by atoms with Gasteiger partial charge in [0.25, 0.3) is 0 Å². The summed E-state index contributed by atoms with van der Waals surface area (Å²) < 4.78 is 0. The average Bonchev–Trinajstić information content (AvgIpc) is 2.54. The van der Waals surface area contributed by atoms with Crippen LogP contribution in [0.1, 0.15) is 31.7 Å². The lowest BCUT2D eigenvalue weighted by molar-refractivity contribution is -0.143. The minimum absolute atomic E-state index is 0.0146. The van der Waals surface area contributed by atoms with Crippen LogP contribution in [0.4, 0.5) is 5.69 Å². The fourth-order valence-corrected chi connectivity index (χ4v) is 2.75. The van der Waals surface area contributed by atoms with Gasteiger partial charge in [0.1, 0.15) is 0 Å². The number of carboxylic acid groups (broad SMARTS) is 1. The molecule has 5 nitrogen and oxygen atoms in total. The van der Waals surface area contributed by atoms with Gasteiger partial charge in [-0.15, -0.1) is 0 Å². The average molecular weight is 304 g/mol. The first-order valence-corrected chi connectivity index (χ1v) is 7.92. The van der Waals surface area contributed by atoms with E-state index in [9.17, 15) is 9.59 Å². The molecule has 1 aliphatic heterocycles. The van der Waals surface area contributed by atoms with Crippen molar-refractivity contribution < 1.29 is 14.7 Å². The van der Waals surface area contributed by atoms with Crippen LogP contribution in [0.2, 0.25) is 0 Å². The molecule has 5 heteroatoms. The summed E-state index contributed by atoms with van der Waals surface area (Å²) in [5, 5.41) is 11.9. The molecule has 0 radical (unpaired) electrons. The normalized spacial score (nSPS) is 18.9. The molecule has 22 heavy (non-hydrogen) atoms. The van der Waals surface area contributed by atoms with Crippen LogP contribution < -0.4 is 5.32 Å². The molecule has 0 aliphatic carbocycles. The van der Waals surface area contributed by atoms with Gasteiger partial charge < -0.3 is 15.3 Å². The largest absolute Gasteiger partial charge is 0.481 e. The molecule has 0 aromatic heterocycles. The predicted molar refractivity (Wildman–Crippen MR) is 85.9 cm³/mol. The van der Waals surface area contributed by atoms with Crippen LogP contribution in [-0.4, -0.2) is 41.5 Å². The van der Waals surface area contributed by atoms with Gasteiger partial charge in [0.2, 0.25) is 5.91 Å². The molecule has 1 heterocycles. The molecule has 1 aromatic rings. The summed E-state index contributed by atoms with van der Waals surface area (Å²) in [6, 6.07) is 7.87. The summed E-state index contributed by atoms with van der Waals surface area (Å²) in [5.74, 6) is -0.887. The lowest BCUT2D eigenvalue weighted by atomic mass is 9.98. The molecule has 0 saturated carbocycles. The second kappa shape index (κ2) is 7.94. The van der Waals surface area contributed by atoms with Crippen LogP contribution in [0.15, 0.2) is 24.3 Å². The van der Waals surface area contributed by atoms with E-state index in [1.54, 1.807) is 0 Å². The summed E-state index contributed by atoms with van der Waals surface area (Å²) in [6.07, 6.45) is 3.12. The van der Waals surface area contributed by atoms with Crippen LogP contribution in [0, 0.1) is 5.92 Å². The third-order valence-electron chi connectivity index (χ3n) is 4.13. The Morgan fingerprint density at radius 3 is 2.68 bits per heavy atom. The van der Waals surface area contributed by atoms with Gasteiger partial charge in [0.05, 0.1) is 5.92 Å². The van der Waals surface area contributed by atoms with E-state index in [1.165, 1.54) is 5.56 Å². The lowest BCUT2D eigenvalue weighted by Crippen LogP contribution is -2.39. The highest BCUT2D eigenvalue weighted by Gasteiger charge is 2.24. The van der Waals surface area contributed by atoms with Crippen molar-refractivity contribution in [2.24, 2.45) is 5.92 Å². The molecule has 0 spiro atoms. The molecule has 1 atom stereocenters. The van der Waals surface area contributed by atoms with Gasteiger partial charge in [-0.1, -0.05) is 19.1 Å². The zero-order valence-electron chi connectivity index (χ0n) is 13.0. The highest BCUT2D eigenvalue weighted by molar-refractivity contribution is 5.90. The number of nitrogens with zero attached hydrogens (tertiary/aromatic N) is 1. The number of carboxylic acids is 1. The number of anilines is 1. The molecule has 1 saturated heterocycles. The number of hydrogen-bond donors (Lipinski definition) is 2. The van der Waals surface area contributed by atoms with Gasteiger partial charge in [0.15, 0.2) is 0 Å². The van der Waals surface area contributed by atoms with Gasteiger partial charge in [-0.05, 0) is 43.5 Å². The van der Waals surface area contributed by atoms with Crippen molar-refractivity contribution in [2.75, 3.05) is 25.0 Å². The number of carbonyl (C=O) groups is 2. The fraction of sp³-hybridized carbons (Fsp3) is 0.529. The minimum atomic E-state index is -0.680. The molecule has 1 unspecified atom stereocenters. The van der Waals surface area contributed by atoms with Crippen molar-refractivity contribution in [3.63, 3.8) is 0 Å². The van der Waals surface area contributed by atoms with E-state index in [0.29, 0.717) is 13.0 Å². The third-order valence-corrected chi connectivity index (χ3v) is 4.13. The minimum Gasteiger partial charge on any atom is -0.481 e. The monoisotopic (exact) mass is 304 g/mol. The molecule has 2 N–H and O–H groups in total. The predicted octanol–water partition coefficient (Wildman–Crippen LogP) is 2.37. The fourth-order valence-electron chi connectivity index (χ4n) is 2.75. The van der Waals surface area contributed by atoms with Crippen molar-refractivity contribution in [1.82, 2.24) is 4.90 Å². The van der Waals surface area contributed by atoms with Crippen molar-refractivity contribution in [2.45, 2.75) is 32.6 Å². The Hall–Kier alpha value is -1.88. The standard InChI is InChI=1S/C17H24N2O3/c1-2-16(20)18-15-7-5-13(6-8-15)9-11-19-10-3-4-14(12-19)17(21)22/h5-8,14H,2-4,9-12H2,1H3,(H,18,20)(H,21,22). The molecule has 1 aromatic carbocycles. The molecule has 2 rings (SSSR count). The number of likely N-dealkylation sites (tertiary alicyclic amines) is 1. The molecular weight excluding hydrogens is 280 g/mol. The molecular formula is C17H24N2O3. The first-order valence-electron chi connectivity index (χ1n) is 7.92. The Labute approximate surface area is 131 Å². The van der Waals surface area contributed by atoms with Crippen molar-refractivity contribution in [1.29, 1.82) is 0 Å². The van der Waals surface area contributed by atoms with E-state index < -0.39 is 5.97 Å². The molecule has 1 amide bonds. The Bertz CT molecular complexity index is 513. The number of benzene rings is 1. The molecule has 1 fully saturated rings. The van der Waals surface area contributed by atoms with E-state index in [-0.39, 0.29) is 11.8 Å². The maximum atomic E-state index is 11.3. The number of rotatable bonds is 6. The second-order valence-electron chi connectivity index (χ2n) is 5.83. The Morgan fingerprint density at radius 2 is 2.05 bits per heavy atom. The van der Waals surface area contributed by atoms with E-state index >= 15 is 0 Å². The van der Waals surface area contributed by atoms with Gasteiger partial charge in [0, 0.05) is 25.2 Å². The summed E-state index contributed by atoms with van der Waals surface area (Å²) >= 11 is 0. The topological polar surface area (TPSA) is 69.6 Å². The lowest BCUT2D eigenvalue weighted by Gasteiger charge is -2.30. The Kier molecular flexibility index (Phi) is 5.95. The Morgan fingerprint density at radius 1 is 1.32 bits per heavy atom. The number of aliphatic carboxylic acids is 1. The SMILES string of the molecule is CCC(=O)Nc1ccc(CCN2CCCC(C(=O)O)C2)cc1. The number of nitrogens with one attached hydrogen (secondary N) is 1. The zero-order valence-corrected chi connectivity index (χ0v) is 13.0. The maximum Gasteiger partial charge on any atom is 0.307 e. The van der Waals surface area contributed by atoms with Gasteiger partial charge in [-0.2, -0.15) is 0 Å².